The number of methoxy groups -OCH3 is 2. The Labute approximate surface area is 143 Å². The lowest BCUT2D eigenvalue weighted by Gasteiger charge is -2.15. The first-order valence-corrected chi connectivity index (χ1v) is 7.90. The quantitative estimate of drug-likeness (QED) is 0.782. The molecule has 1 amide bonds. The van der Waals surface area contributed by atoms with Crippen molar-refractivity contribution in [2.75, 3.05) is 20.8 Å². The van der Waals surface area contributed by atoms with Gasteiger partial charge in [-0.15, -0.1) is 0 Å². The highest BCUT2D eigenvalue weighted by atomic mass is 16.5. The van der Waals surface area contributed by atoms with Crippen LogP contribution in [0.4, 0.5) is 0 Å². The molecule has 1 atom stereocenters. The predicted octanol–water partition coefficient (Wildman–Crippen LogP) is 2.67. The average Bonchev–Trinajstić information content (AvgIpc) is 2.62. The molecule has 0 spiro atoms. The van der Waals surface area contributed by atoms with Crippen molar-refractivity contribution in [3.8, 4) is 11.5 Å². The van der Waals surface area contributed by atoms with E-state index in [1.54, 1.807) is 14.2 Å². The van der Waals surface area contributed by atoms with Gasteiger partial charge in [0.25, 0.3) is 0 Å². The summed E-state index contributed by atoms with van der Waals surface area (Å²) in [7, 11) is 3.21. The molecule has 0 aliphatic rings. The Kier molecular flexibility index (Phi) is 6.63. The molecule has 0 bridgehead atoms. The molecule has 0 radical (unpaired) electrons. The molecule has 0 heterocycles. The normalized spacial score (nSPS) is 11.6. The number of amides is 1. The molecule has 2 N–H and O–H groups in total. The van der Waals surface area contributed by atoms with Crippen LogP contribution in [0, 0.1) is 0 Å². The van der Waals surface area contributed by atoms with Gasteiger partial charge in [0.2, 0.25) is 5.91 Å². The number of benzene rings is 2. The average molecular weight is 328 g/mol. The third-order valence-corrected chi connectivity index (χ3v) is 3.74. The Morgan fingerprint density at radius 2 is 1.75 bits per heavy atom. The number of rotatable bonds is 8. The molecule has 5 nitrogen and oxygen atoms in total. The molecule has 0 aliphatic carbocycles. The van der Waals surface area contributed by atoms with Gasteiger partial charge in [-0.1, -0.05) is 36.4 Å². The van der Waals surface area contributed by atoms with Crippen molar-refractivity contribution in [1.29, 1.82) is 0 Å². The maximum atomic E-state index is 12.0. The van der Waals surface area contributed by atoms with E-state index < -0.39 is 0 Å². The molecule has 2 aromatic carbocycles. The lowest BCUT2D eigenvalue weighted by Crippen LogP contribution is -2.35. The van der Waals surface area contributed by atoms with Crippen LogP contribution in [0.5, 0.6) is 11.5 Å². The summed E-state index contributed by atoms with van der Waals surface area (Å²) in [5, 5.41) is 6.12. The van der Waals surface area contributed by atoms with E-state index >= 15 is 0 Å². The molecule has 2 rings (SSSR count). The van der Waals surface area contributed by atoms with Gasteiger partial charge in [0, 0.05) is 6.54 Å². The van der Waals surface area contributed by atoms with Crippen molar-refractivity contribution in [2.24, 2.45) is 0 Å². The smallest absolute Gasteiger partial charge is 0.234 e. The van der Waals surface area contributed by atoms with Crippen LogP contribution >= 0.6 is 0 Å². The number of nitrogens with one attached hydrogen (secondary N) is 2. The molecular weight excluding hydrogens is 304 g/mol. The summed E-state index contributed by atoms with van der Waals surface area (Å²) in [6.45, 7) is 2.81. The second-order valence-electron chi connectivity index (χ2n) is 5.49. The number of carbonyl (C=O) groups is 1. The second kappa shape index (κ2) is 8.93. The van der Waals surface area contributed by atoms with E-state index in [1.807, 2.05) is 55.5 Å². The zero-order valence-corrected chi connectivity index (χ0v) is 14.3. The lowest BCUT2D eigenvalue weighted by molar-refractivity contribution is -0.120. The molecule has 2 aromatic rings. The van der Waals surface area contributed by atoms with Crippen molar-refractivity contribution in [2.45, 2.75) is 19.5 Å². The number of hydrogen-bond donors (Lipinski definition) is 2. The Bertz CT molecular complexity index is 659. The molecular formula is C19H24N2O3. The van der Waals surface area contributed by atoms with Crippen LogP contribution in [0.1, 0.15) is 24.1 Å². The van der Waals surface area contributed by atoms with Gasteiger partial charge in [-0.2, -0.15) is 0 Å². The van der Waals surface area contributed by atoms with E-state index in [0.29, 0.717) is 18.0 Å². The fourth-order valence-corrected chi connectivity index (χ4v) is 2.43. The van der Waals surface area contributed by atoms with Gasteiger partial charge >= 0.3 is 0 Å². The van der Waals surface area contributed by atoms with Crippen LogP contribution in [0.15, 0.2) is 48.5 Å². The monoisotopic (exact) mass is 328 g/mol. The summed E-state index contributed by atoms with van der Waals surface area (Å²) in [5.41, 5.74) is 2.11. The first kappa shape index (κ1) is 17.8. The lowest BCUT2D eigenvalue weighted by atomic mass is 10.1. The highest BCUT2D eigenvalue weighted by Crippen LogP contribution is 2.27. The number of ether oxygens (including phenoxy) is 2. The summed E-state index contributed by atoms with van der Waals surface area (Å²) >= 11 is 0. The van der Waals surface area contributed by atoms with Gasteiger partial charge in [0.15, 0.2) is 11.5 Å². The number of carbonyl (C=O) groups excluding carboxylic acids is 1. The highest BCUT2D eigenvalue weighted by Gasteiger charge is 2.09. The molecule has 24 heavy (non-hydrogen) atoms. The molecule has 0 saturated carbocycles. The van der Waals surface area contributed by atoms with Crippen molar-refractivity contribution in [3.63, 3.8) is 0 Å². The topological polar surface area (TPSA) is 59.6 Å². The fraction of sp³-hybridized carbons (Fsp3) is 0.316. The predicted molar refractivity (Wildman–Crippen MR) is 94.3 cm³/mol. The van der Waals surface area contributed by atoms with Gasteiger partial charge in [-0.25, -0.2) is 0 Å². The van der Waals surface area contributed by atoms with E-state index in [2.05, 4.69) is 10.6 Å². The summed E-state index contributed by atoms with van der Waals surface area (Å²) in [6, 6.07) is 15.6. The van der Waals surface area contributed by atoms with Crippen LogP contribution < -0.4 is 20.1 Å². The van der Waals surface area contributed by atoms with Crippen LogP contribution in [0.25, 0.3) is 0 Å². The van der Waals surface area contributed by atoms with E-state index in [4.69, 9.17) is 9.47 Å². The molecule has 0 aliphatic heterocycles. The third-order valence-electron chi connectivity index (χ3n) is 3.74. The molecule has 0 aromatic heterocycles. The minimum absolute atomic E-state index is 0.0124. The maximum absolute atomic E-state index is 12.0. The van der Waals surface area contributed by atoms with Crippen LogP contribution in [0.3, 0.4) is 0 Å². The molecule has 5 heteroatoms. The molecule has 1 unspecified atom stereocenters. The summed E-state index contributed by atoms with van der Waals surface area (Å²) in [6.07, 6.45) is 0. The van der Waals surface area contributed by atoms with E-state index in [-0.39, 0.29) is 18.5 Å². The standard InChI is InChI=1S/C19H24N2O3/c1-14(16-7-5-4-6-8-16)21-19(22)13-20-12-15-9-10-17(23-2)18(11-15)24-3/h4-11,14,20H,12-13H2,1-3H3,(H,21,22). The van der Waals surface area contributed by atoms with Crippen molar-refractivity contribution in [3.05, 3.63) is 59.7 Å². The first-order valence-electron chi connectivity index (χ1n) is 7.90. The maximum Gasteiger partial charge on any atom is 0.234 e. The molecule has 128 valence electrons. The minimum Gasteiger partial charge on any atom is -0.493 e. The van der Waals surface area contributed by atoms with E-state index in [9.17, 15) is 4.79 Å². The molecule has 0 saturated heterocycles. The second-order valence-corrected chi connectivity index (χ2v) is 5.49. The van der Waals surface area contributed by atoms with Gasteiger partial charge in [-0.3, -0.25) is 4.79 Å². The SMILES string of the molecule is COc1ccc(CNCC(=O)NC(C)c2ccccc2)cc1OC. The van der Waals surface area contributed by atoms with Gasteiger partial charge in [0.1, 0.15) is 0 Å². The van der Waals surface area contributed by atoms with Crippen molar-refractivity contribution in [1.82, 2.24) is 10.6 Å². The summed E-state index contributed by atoms with van der Waals surface area (Å²) in [5.74, 6) is 1.33. The van der Waals surface area contributed by atoms with Crippen molar-refractivity contribution < 1.29 is 14.3 Å². The Hall–Kier alpha value is -2.53. The van der Waals surface area contributed by atoms with Crippen LogP contribution in [-0.4, -0.2) is 26.7 Å². The van der Waals surface area contributed by atoms with Crippen molar-refractivity contribution >= 4 is 5.91 Å². The molecule has 0 fully saturated rings. The van der Waals surface area contributed by atoms with Gasteiger partial charge in [0.05, 0.1) is 26.8 Å². The van der Waals surface area contributed by atoms with E-state index in [0.717, 1.165) is 11.1 Å². The van der Waals surface area contributed by atoms with Crippen LogP contribution in [-0.2, 0) is 11.3 Å². The number of hydrogen-bond acceptors (Lipinski definition) is 4. The highest BCUT2D eigenvalue weighted by molar-refractivity contribution is 5.78. The first-order chi connectivity index (χ1) is 11.6. The van der Waals surface area contributed by atoms with Crippen LogP contribution in [0.2, 0.25) is 0 Å². The zero-order chi connectivity index (χ0) is 17.4. The zero-order valence-electron chi connectivity index (χ0n) is 14.3. The summed E-state index contributed by atoms with van der Waals surface area (Å²) < 4.78 is 10.5. The Morgan fingerprint density at radius 3 is 2.42 bits per heavy atom. The largest absolute Gasteiger partial charge is 0.493 e. The van der Waals surface area contributed by atoms with Gasteiger partial charge < -0.3 is 20.1 Å². The Morgan fingerprint density at radius 1 is 1.04 bits per heavy atom. The van der Waals surface area contributed by atoms with E-state index in [1.165, 1.54) is 0 Å². The summed E-state index contributed by atoms with van der Waals surface area (Å²) in [4.78, 5) is 12.0. The fourth-order valence-electron chi connectivity index (χ4n) is 2.43. The van der Waals surface area contributed by atoms with Gasteiger partial charge in [-0.05, 0) is 30.2 Å². The Balaban J connectivity index is 1.80. The minimum atomic E-state index is -0.0353. The third kappa shape index (κ3) is 4.99.